The van der Waals surface area contributed by atoms with Crippen LogP contribution in [0.2, 0.25) is 0 Å². The summed E-state index contributed by atoms with van der Waals surface area (Å²) in [6.07, 6.45) is 1.95. The van der Waals surface area contributed by atoms with Crippen LogP contribution in [0.15, 0.2) is 28.3 Å². The van der Waals surface area contributed by atoms with E-state index in [1.165, 1.54) is 0 Å². The van der Waals surface area contributed by atoms with Crippen molar-refractivity contribution in [3.63, 3.8) is 0 Å². The number of fused-ring (bicyclic) bond motifs is 3. The van der Waals surface area contributed by atoms with E-state index in [0.717, 1.165) is 28.5 Å². The molecule has 0 saturated heterocycles. The molecule has 9 heteroatoms. The van der Waals surface area contributed by atoms with Crippen LogP contribution in [0.5, 0.6) is 11.5 Å². The van der Waals surface area contributed by atoms with Crippen molar-refractivity contribution in [2.45, 2.75) is 46.3 Å². The number of nitrogens with zero attached hydrogens (tertiary/aromatic N) is 4. The molecule has 3 N–H and O–H groups in total. The van der Waals surface area contributed by atoms with Crippen LogP contribution in [0.3, 0.4) is 0 Å². The van der Waals surface area contributed by atoms with E-state index in [-0.39, 0.29) is 12.1 Å². The quantitative estimate of drug-likeness (QED) is 0.395. The molecule has 0 spiro atoms. The van der Waals surface area contributed by atoms with E-state index in [1.807, 2.05) is 39.1 Å². The first-order valence-corrected chi connectivity index (χ1v) is 9.99. The van der Waals surface area contributed by atoms with E-state index >= 15 is 0 Å². The number of aliphatic imine (C=N–C) groups is 2. The maximum atomic E-state index is 5.97. The molecule has 1 unspecified atom stereocenters. The summed E-state index contributed by atoms with van der Waals surface area (Å²) in [5.41, 5.74) is 8.36. The first kappa shape index (κ1) is 21.2. The number of nitrogens with one attached hydrogen (secondary N) is 1. The number of hydrogen-bond acceptors (Lipinski definition) is 6. The number of thiol groups is 1. The highest BCUT2D eigenvalue weighted by molar-refractivity contribution is 7.78. The number of nitrogens with two attached hydrogens (primary N) is 1. The molecule has 0 saturated carbocycles. The number of ether oxygens (including phenoxy) is 2. The van der Waals surface area contributed by atoms with Gasteiger partial charge in [-0.15, -0.1) is 0 Å². The Labute approximate surface area is 176 Å². The largest absolute Gasteiger partial charge is 0.496 e. The lowest BCUT2D eigenvalue weighted by atomic mass is 10.0. The molecule has 0 amide bonds. The first-order valence-electron chi connectivity index (χ1n) is 9.54. The third kappa shape index (κ3) is 4.56. The van der Waals surface area contributed by atoms with Crippen molar-refractivity contribution < 1.29 is 9.47 Å². The lowest BCUT2D eigenvalue weighted by Crippen LogP contribution is -2.12. The van der Waals surface area contributed by atoms with Gasteiger partial charge in [0.2, 0.25) is 0 Å². The standard InChI is InChI=1S/C20H28N6O2S/c1-11(2)22-19(23-13(4)21)16-10-26-6-7-28-18-9-17(27-5)14(12(3)25-29)8-15(18)20(26)24-16/h8-12,25,29H,6-7H2,1-5H3,(H2,21,22,23). The van der Waals surface area contributed by atoms with Crippen LogP contribution in [0.4, 0.5) is 0 Å². The van der Waals surface area contributed by atoms with Gasteiger partial charge in [0.05, 0.1) is 25.1 Å². The minimum Gasteiger partial charge on any atom is -0.496 e. The average molecular weight is 417 g/mol. The molecule has 0 aliphatic carbocycles. The summed E-state index contributed by atoms with van der Waals surface area (Å²) in [6.45, 7) is 8.93. The fourth-order valence-electron chi connectivity index (χ4n) is 3.18. The molecule has 8 nitrogen and oxygen atoms in total. The highest BCUT2D eigenvalue weighted by Crippen LogP contribution is 2.39. The molecular weight excluding hydrogens is 388 g/mol. The molecule has 0 bridgehead atoms. The Morgan fingerprint density at radius 3 is 2.76 bits per heavy atom. The molecule has 1 atom stereocenters. The molecule has 1 aliphatic rings. The van der Waals surface area contributed by atoms with Crippen molar-refractivity contribution in [2.75, 3.05) is 13.7 Å². The third-order valence-electron chi connectivity index (χ3n) is 4.49. The van der Waals surface area contributed by atoms with Gasteiger partial charge in [-0.05, 0) is 33.8 Å². The molecule has 156 valence electrons. The zero-order valence-corrected chi connectivity index (χ0v) is 18.3. The van der Waals surface area contributed by atoms with Crippen LogP contribution in [-0.4, -0.2) is 41.0 Å². The third-order valence-corrected chi connectivity index (χ3v) is 4.88. The van der Waals surface area contributed by atoms with Gasteiger partial charge in [-0.1, -0.05) is 12.8 Å². The van der Waals surface area contributed by atoms with Gasteiger partial charge in [-0.2, -0.15) is 0 Å². The molecule has 1 aromatic carbocycles. The lowest BCUT2D eigenvalue weighted by Gasteiger charge is -2.17. The molecule has 1 aromatic heterocycles. The summed E-state index contributed by atoms with van der Waals surface area (Å²) in [7, 11) is 1.65. The van der Waals surface area contributed by atoms with Crippen molar-refractivity contribution in [1.29, 1.82) is 0 Å². The smallest absolute Gasteiger partial charge is 0.177 e. The summed E-state index contributed by atoms with van der Waals surface area (Å²) in [5.74, 6) is 3.24. The van der Waals surface area contributed by atoms with E-state index in [2.05, 4.69) is 32.1 Å². The van der Waals surface area contributed by atoms with Gasteiger partial charge < -0.3 is 19.8 Å². The molecule has 2 heterocycles. The van der Waals surface area contributed by atoms with Crippen LogP contribution in [0, 0.1) is 0 Å². The summed E-state index contributed by atoms with van der Waals surface area (Å²) in [5, 5.41) is 0. The Morgan fingerprint density at radius 1 is 1.38 bits per heavy atom. The van der Waals surface area contributed by atoms with Crippen LogP contribution in [0.25, 0.3) is 11.4 Å². The second-order valence-electron chi connectivity index (χ2n) is 7.23. The number of hydrogen-bond donors (Lipinski definition) is 3. The van der Waals surface area contributed by atoms with Crippen LogP contribution < -0.4 is 19.9 Å². The maximum absolute atomic E-state index is 5.97. The van der Waals surface area contributed by atoms with E-state index in [4.69, 9.17) is 20.2 Å². The Bertz CT molecular complexity index is 947. The summed E-state index contributed by atoms with van der Waals surface area (Å²) < 4.78 is 16.6. The summed E-state index contributed by atoms with van der Waals surface area (Å²) >= 11 is 4.21. The van der Waals surface area contributed by atoms with Crippen molar-refractivity contribution in [3.8, 4) is 22.9 Å². The SMILES string of the molecule is COc1cc2c(cc1C(C)NS)-c1nc(C(N=C(C)N)=NC(C)C)cn1CCO2. The van der Waals surface area contributed by atoms with E-state index in [0.29, 0.717) is 30.5 Å². The number of amidine groups is 2. The lowest BCUT2D eigenvalue weighted by molar-refractivity contribution is 0.304. The van der Waals surface area contributed by atoms with Gasteiger partial charge in [-0.25, -0.2) is 9.98 Å². The topological polar surface area (TPSA) is 99.0 Å². The van der Waals surface area contributed by atoms with E-state index < -0.39 is 0 Å². The van der Waals surface area contributed by atoms with E-state index in [1.54, 1.807) is 14.0 Å². The molecule has 2 aromatic rings. The zero-order chi connectivity index (χ0) is 21.1. The Balaban J connectivity index is 2.17. The van der Waals surface area contributed by atoms with Crippen LogP contribution in [-0.2, 0) is 6.54 Å². The Hall–Kier alpha value is -2.52. The number of methoxy groups -OCH3 is 1. The summed E-state index contributed by atoms with van der Waals surface area (Å²) in [6, 6.07) is 3.99. The second-order valence-corrected chi connectivity index (χ2v) is 7.49. The van der Waals surface area contributed by atoms with Crippen molar-refractivity contribution in [2.24, 2.45) is 15.7 Å². The predicted molar refractivity (Wildman–Crippen MR) is 119 cm³/mol. The fourth-order valence-corrected chi connectivity index (χ4v) is 3.32. The number of rotatable bonds is 5. The van der Waals surface area contributed by atoms with Crippen molar-refractivity contribution in [3.05, 3.63) is 29.6 Å². The maximum Gasteiger partial charge on any atom is 0.177 e. The minimum atomic E-state index is -0.0210. The number of aromatic nitrogens is 2. The second kappa shape index (κ2) is 8.87. The molecule has 0 fully saturated rings. The Morgan fingerprint density at radius 2 is 2.14 bits per heavy atom. The van der Waals surface area contributed by atoms with Gasteiger partial charge in [0.1, 0.15) is 29.6 Å². The molecule has 0 radical (unpaired) electrons. The van der Waals surface area contributed by atoms with Gasteiger partial charge in [0.25, 0.3) is 0 Å². The molecule has 1 aliphatic heterocycles. The van der Waals surface area contributed by atoms with Crippen LogP contribution >= 0.6 is 12.8 Å². The monoisotopic (exact) mass is 416 g/mol. The highest BCUT2D eigenvalue weighted by Gasteiger charge is 2.24. The highest BCUT2D eigenvalue weighted by atomic mass is 32.1. The zero-order valence-electron chi connectivity index (χ0n) is 17.4. The summed E-state index contributed by atoms with van der Waals surface area (Å²) in [4.78, 5) is 13.8. The van der Waals surface area contributed by atoms with E-state index in [9.17, 15) is 0 Å². The van der Waals surface area contributed by atoms with Gasteiger partial charge >= 0.3 is 0 Å². The first-order chi connectivity index (χ1) is 13.8. The fraction of sp³-hybridized carbons (Fsp3) is 0.450. The van der Waals surface area contributed by atoms with Gasteiger partial charge in [-0.3, -0.25) is 9.71 Å². The van der Waals surface area contributed by atoms with Gasteiger partial charge in [0, 0.05) is 29.9 Å². The van der Waals surface area contributed by atoms with Gasteiger partial charge in [0.15, 0.2) is 5.84 Å². The molecular formula is C20H28N6O2S. The van der Waals surface area contributed by atoms with Crippen molar-refractivity contribution >= 4 is 24.5 Å². The van der Waals surface area contributed by atoms with Crippen LogP contribution in [0.1, 0.15) is 45.0 Å². The van der Waals surface area contributed by atoms with Crippen molar-refractivity contribution in [1.82, 2.24) is 14.3 Å². The molecule has 3 rings (SSSR count). The number of imidazole rings is 1. The predicted octanol–water partition coefficient (Wildman–Crippen LogP) is 2.98. The normalized spacial score (nSPS) is 15.4. The minimum absolute atomic E-state index is 0.0210. The Kier molecular flexibility index (Phi) is 6.49. The average Bonchev–Trinajstić information content (AvgIpc) is 3.02. The number of benzene rings is 1. The molecule has 29 heavy (non-hydrogen) atoms.